The van der Waals surface area contributed by atoms with Gasteiger partial charge in [-0.25, -0.2) is 0 Å². The van der Waals surface area contributed by atoms with Gasteiger partial charge in [-0.15, -0.1) is 11.3 Å². The van der Waals surface area contributed by atoms with Crippen molar-refractivity contribution in [1.29, 1.82) is 0 Å². The van der Waals surface area contributed by atoms with E-state index in [9.17, 15) is 4.79 Å². The number of aryl methyl sites for hydroxylation is 1. The molecule has 1 radical (unpaired) electrons. The minimum atomic E-state index is 0.421. The highest BCUT2D eigenvalue weighted by Gasteiger charge is 2.13. The molecule has 4 heteroatoms. The normalized spacial score (nSPS) is 10.5. The first kappa shape index (κ1) is 17.2. The topological polar surface area (TPSA) is 35.5 Å². The zero-order chi connectivity index (χ0) is 17.6. The lowest BCUT2D eigenvalue weighted by Gasteiger charge is -2.07. The molecule has 0 aliphatic carbocycles. The molecule has 2 aromatic carbocycles. The fourth-order valence-corrected chi connectivity index (χ4v) is 3.87. The first-order chi connectivity index (χ1) is 12.2. The summed E-state index contributed by atoms with van der Waals surface area (Å²) in [6, 6.07) is 18.3. The SMILES string of the molecule is COc1ccc(-c2cc(CC[C]=O)sc2-c2ccc(OC)cc2)cc1. The van der Waals surface area contributed by atoms with E-state index in [0.29, 0.717) is 12.8 Å². The Morgan fingerprint density at radius 2 is 1.44 bits per heavy atom. The zero-order valence-electron chi connectivity index (χ0n) is 14.2. The summed E-state index contributed by atoms with van der Waals surface area (Å²) in [7, 11) is 3.33. The Morgan fingerprint density at radius 1 is 0.880 bits per heavy atom. The average Bonchev–Trinajstić information content (AvgIpc) is 3.10. The minimum Gasteiger partial charge on any atom is -0.497 e. The Balaban J connectivity index is 2.04. The molecule has 1 heterocycles. The standard InChI is InChI=1S/C21H19O3S/c1-23-17-9-5-15(6-10-17)20-14-19(4-3-13-22)25-21(20)16-7-11-18(24-2)12-8-16/h5-12,14H,3-4H2,1-2H3. The van der Waals surface area contributed by atoms with Crippen LogP contribution in [-0.4, -0.2) is 20.5 Å². The molecule has 0 amide bonds. The Bertz CT molecular complexity index is 768. The van der Waals surface area contributed by atoms with Crippen molar-refractivity contribution >= 4 is 17.6 Å². The smallest absolute Gasteiger partial charge is 0.198 e. The number of methoxy groups -OCH3 is 2. The van der Waals surface area contributed by atoms with Gasteiger partial charge in [0.15, 0.2) is 6.29 Å². The van der Waals surface area contributed by atoms with Crippen molar-refractivity contribution in [3.05, 3.63) is 59.5 Å². The monoisotopic (exact) mass is 351 g/mol. The highest BCUT2D eigenvalue weighted by atomic mass is 32.1. The van der Waals surface area contributed by atoms with Crippen molar-refractivity contribution in [2.75, 3.05) is 14.2 Å². The van der Waals surface area contributed by atoms with Gasteiger partial charge < -0.3 is 9.47 Å². The van der Waals surface area contributed by atoms with Crippen LogP contribution in [0.3, 0.4) is 0 Å². The molecule has 3 nitrogen and oxygen atoms in total. The number of hydrogen-bond donors (Lipinski definition) is 0. The highest BCUT2D eigenvalue weighted by molar-refractivity contribution is 7.16. The molecular weight excluding hydrogens is 332 g/mol. The van der Waals surface area contributed by atoms with Crippen molar-refractivity contribution in [1.82, 2.24) is 0 Å². The predicted octanol–water partition coefficient (Wildman–Crippen LogP) is 5.14. The second-order valence-corrected chi connectivity index (χ2v) is 6.69. The number of thiophene rings is 1. The van der Waals surface area contributed by atoms with Gasteiger partial charge in [0.1, 0.15) is 11.5 Å². The first-order valence-corrected chi connectivity index (χ1v) is 8.83. The third-order valence-corrected chi connectivity index (χ3v) is 5.25. The van der Waals surface area contributed by atoms with E-state index in [-0.39, 0.29) is 0 Å². The molecular formula is C21H19O3S. The summed E-state index contributed by atoms with van der Waals surface area (Å²) in [6.45, 7) is 0. The fraction of sp³-hybridized carbons (Fsp3) is 0.190. The van der Waals surface area contributed by atoms with Gasteiger partial charge in [-0.05, 0) is 60.0 Å². The predicted molar refractivity (Wildman–Crippen MR) is 102 cm³/mol. The van der Waals surface area contributed by atoms with Crippen LogP contribution in [-0.2, 0) is 11.2 Å². The van der Waals surface area contributed by atoms with Gasteiger partial charge in [0, 0.05) is 21.7 Å². The molecule has 3 rings (SSSR count). The molecule has 0 aliphatic rings. The number of benzene rings is 2. The van der Waals surface area contributed by atoms with Crippen LogP contribution in [0.1, 0.15) is 11.3 Å². The molecule has 127 valence electrons. The quantitative estimate of drug-likeness (QED) is 0.591. The van der Waals surface area contributed by atoms with Gasteiger partial charge in [0.05, 0.1) is 14.2 Å². The van der Waals surface area contributed by atoms with Crippen molar-refractivity contribution in [3.63, 3.8) is 0 Å². The number of carbonyl (C=O) groups excluding carboxylic acids is 1. The second kappa shape index (κ2) is 7.99. The van der Waals surface area contributed by atoms with Gasteiger partial charge in [0.25, 0.3) is 0 Å². The molecule has 1 aromatic heterocycles. The summed E-state index contributed by atoms with van der Waals surface area (Å²) < 4.78 is 10.5. The summed E-state index contributed by atoms with van der Waals surface area (Å²) in [6.07, 6.45) is 3.12. The van der Waals surface area contributed by atoms with Crippen molar-refractivity contribution in [2.24, 2.45) is 0 Å². The summed E-state index contributed by atoms with van der Waals surface area (Å²) in [5.74, 6) is 1.67. The maximum atomic E-state index is 10.6. The Hall–Kier alpha value is -2.59. The van der Waals surface area contributed by atoms with Crippen LogP contribution >= 0.6 is 11.3 Å². The number of rotatable bonds is 7. The Morgan fingerprint density at radius 3 is 1.96 bits per heavy atom. The maximum absolute atomic E-state index is 10.6. The van der Waals surface area contributed by atoms with E-state index in [1.165, 1.54) is 15.3 Å². The number of ether oxygens (including phenoxy) is 2. The van der Waals surface area contributed by atoms with Gasteiger partial charge in [-0.1, -0.05) is 12.1 Å². The van der Waals surface area contributed by atoms with E-state index in [2.05, 4.69) is 30.3 Å². The molecule has 0 saturated heterocycles. The van der Waals surface area contributed by atoms with E-state index in [0.717, 1.165) is 22.6 Å². The lowest BCUT2D eigenvalue weighted by Crippen LogP contribution is -1.84. The molecule has 0 saturated carbocycles. The molecule has 0 atom stereocenters. The summed E-state index contributed by atoms with van der Waals surface area (Å²) in [4.78, 5) is 13.0. The van der Waals surface area contributed by atoms with E-state index in [1.807, 2.05) is 30.6 Å². The summed E-state index contributed by atoms with van der Waals surface area (Å²) >= 11 is 1.72. The molecule has 0 N–H and O–H groups in total. The lowest BCUT2D eigenvalue weighted by atomic mass is 10.0. The van der Waals surface area contributed by atoms with E-state index < -0.39 is 0 Å². The third kappa shape index (κ3) is 3.91. The van der Waals surface area contributed by atoms with Gasteiger partial charge in [-0.3, -0.25) is 4.79 Å². The molecule has 25 heavy (non-hydrogen) atoms. The maximum Gasteiger partial charge on any atom is 0.198 e. The van der Waals surface area contributed by atoms with Gasteiger partial charge in [-0.2, -0.15) is 0 Å². The van der Waals surface area contributed by atoms with Crippen LogP contribution in [0.2, 0.25) is 0 Å². The van der Waals surface area contributed by atoms with Crippen LogP contribution in [0.5, 0.6) is 11.5 Å². The van der Waals surface area contributed by atoms with Gasteiger partial charge in [0.2, 0.25) is 0 Å². The van der Waals surface area contributed by atoms with Crippen LogP contribution in [0.4, 0.5) is 0 Å². The molecule has 3 aromatic rings. The highest BCUT2D eigenvalue weighted by Crippen LogP contribution is 2.40. The van der Waals surface area contributed by atoms with Crippen LogP contribution in [0, 0.1) is 0 Å². The minimum absolute atomic E-state index is 0.421. The zero-order valence-corrected chi connectivity index (χ0v) is 15.1. The molecule has 0 spiro atoms. The van der Waals surface area contributed by atoms with Crippen LogP contribution in [0.25, 0.3) is 21.6 Å². The second-order valence-electron chi connectivity index (χ2n) is 5.56. The largest absolute Gasteiger partial charge is 0.497 e. The summed E-state index contributed by atoms with van der Waals surface area (Å²) in [5.41, 5.74) is 3.43. The van der Waals surface area contributed by atoms with E-state index >= 15 is 0 Å². The van der Waals surface area contributed by atoms with Crippen molar-refractivity contribution in [2.45, 2.75) is 12.8 Å². The molecule has 0 aliphatic heterocycles. The molecule has 0 bridgehead atoms. The molecule has 0 fully saturated rings. The Labute approximate surface area is 151 Å². The molecule has 0 unspecified atom stereocenters. The third-order valence-electron chi connectivity index (χ3n) is 4.01. The van der Waals surface area contributed by atoms with Crippen molar-refractivity contribution < 1.29 is 14.3 Å². The fourth-order valence-electron chi connectivity index (χ4n) is 2.68. The average molecular weight is 351 g/mol. The lowest BCUT2D eigenvalue weighted by molar-refractivity contribution is 0.414. The van der Waals surface area contributed by atoms with Crippen molar-refractivity contribution in [3.8, 4) is 33.1 Å². The first-order valence-electron chi connectivity index (χ1n) is 8.01. The van der Waals surface area contributed by atoms with E-state index in [4.69, 9.17) is 9.47 Å². The summed E-state index contributed by atoms with van der Waals surface area (Å²) in [5, 5.41) is 0. The Kier molecular flexibility index (Phi) is 5.51. The van der Waals surface area contributed by atoms with Gasteiger partial charge >= 0.3 is 0 Å². The van der Waals surface area contributed by atoms with E-state index in [1.54, 1.807) is 25.6 Å². The number of hydrogen-bond acceptors (Lipinski definition) is 4. The van der Waals surface area contributed by atoms with Crippen LogP contribution in [0.15, 0.2) is 54.6 Å². The van der Waals surface area contributed by atoms with Crippen LogP contribution < -0.4 is 9.47 Å².